The SMILES string of the molecule is Cc1ccc2c(c1)OC1(CCN(C(=O)Nc3ccc(Cl)cc3)CC1)CC2=O. The zero-order chi connectivity index (χ0) is 19.0. The number of carbonyl (C=O) groups excluding carboxylic acids is 2. The highest BCUT2D eigenvalue weighted by Crippen LogP contribution is 2.39. The van der Waals surface area contributed by atoms with Gasteiger partial charge in [0, 0.05) is 36.6 Å². The summed E-state index contributed by atoms with van der Waals surface area (Å²) in [5.74, 6) is 0.792. The minimum absolute atomic E-state index is 0.121. The van der Waals surface area contributed by atoms with E-state index < -0.39 is 5.60 Å². The number of ether oxygens (including phenoxy) is 1. The second kappa shape index (κ2) is 6.89. The third kappa shape index (κ3) is 3.65. The number of amides is 2. The van der Waals surface area contributed by atoms with Crippen LogP contribution in [-0.4, -0.2) is 35.4 Å². The highest BCUT2D eigenvalue weighted by atomic mass is 35.5. The number of halogens is 1. The molecule has 2 aliphatic heterocycles. The number of urea groups is 1. The van der Waals surface area contributed by atoms with Crippen molar-refractivity contribution in [3.05, 3.63) is 58.6 Å². The first-order chi connectivity index (χ1) is 12.9. The highest BCUT2D eigenvalue weighted by molar-refractivity contribution is 6.30. The van der Waals surface area contributed by atoms with Gasteiger partial charge in [-0.1, -0.05) is 17.7 Å². The Balaban J connectivity index is 1.42. The topological polar surface area (TPSA) is 58.6 Å². The standard InChI is InChI=1S/C21H21ClN2O3/c1-14-2-7-17-18(25)13-21(27-19(17)12-14)8-10-24(11-9-21)20(26)23-16-5-3-15(22)4-6-16/h2-7,12H,8-11,13H2,1H3,(H,23,26). The van der Waals surface area contributed by atoms with Crippen LogP contribution in [0.3, 0.4) is 0 Å². The summed E-state index contributed by atoms with van der Waals surface area (Å²) in [6.07, 6.45) is 1.65. The molecule has 1 spiro atoms. The molecule has 2 aromatic rings. The molecule has 0 atom stereocenters. The van der Waals surface area contributed by atoms with Crippen LogP contribution in [0.1, 0.15) is 35.2 Å². The third-order valence-corrected chi connectivity index (χ3v) is 5.56. The number of rotatable bonds is 1. The van der Waals surface area contributed by atoms with Crippen molar-refractivity contribution >= 4 is 29.1 Å². The van der Waals surface area contributed by atoms with E-state index in [9.17, 15) is 9.59 Å². The van der Waals surface area contributed by atoms with Crippen LogP contribution in [0.25, 0.3) is 0 Å². The molecule has 0 bridgehead atoms. The molecule has 2 aromatic carbocycles. The number of ketones is 1. The number of Topliss-reactive ketones (excluding diaryl/α,β-unsaturated/α-hetero) is 1. The van der Waals surface area contributed by atoms with Gasteiger partial charge >= 0.3 is 6.03 Å². The number of nitrogens with one attached hydrogen (secondary N) is 1. The average molecular weight is 385 g/mol. The van der Waals surface area contributed by atoms with Gasteiger partial charge in [0.1, 0.15) is 11.4 Å². The molecule has 6 heteroatoms. The number of hydrogen-bond donors (Lipinski definition) is 1. The van der Waals surface area contributed by atoms with E-state index in [0.29, 0.717) is 54.4 Å². The second-order valence-corrected chi connectivity index (χ2v) is 7.75. The van der Waals surface area contributed by atoms with Gasteiger partial charge in [-0.25, -0.2) is 4.79 Å². The van der Waals surface area contributed by atoms with Crippen LogP contribution in [0, 0.1) is 6.92 Å². The number of benzene rings is 2. The molecule has 4 rings (SSSR count). The van der Waals surface area contributed by atoms with Crippen LogP contribution in [0.2, 0.25) is 5.02 Å². The average Bonchev–Trinajstić information content (AvgIpc) is 2.63. The molecule has 5 nitrogen and oxygen atoms in total. The van der Waals surface area contributed by atoms with Crippen LogP contribution in [0.5, 0.6) is 5.75 Å². The fraction of sp³-hybridized carbons (Fsp3) is 0.333. The van der Waals surface area contributed by atoms with Gasteiger partial charge < -0.3 is 15.0 Å². The summed E-state index contributed by atoms with van der Waals surface area (Å²) in [5.41, 5.74) is 1.93. The molecule has 0 saturated carbocycles. The van der Waals surface area contributed by atoms with Gasteiger partial charge in [-0.3, -0.25) is 4.79 Å². The van der Waals surface area contributed by atoms with E-state index >= 15 is 0 Å². The largest absolute Gasteiger partial charge is 0.486 e. The van der Waals surface area contributed by atoms with Crippen molar-refractivity contribution in [2.45, 2.75) is 31.8 Å². The van der Waals surface area contributed by atoms with Gasteiger partial charge in [0.05, 0.1) is 12.0 Å². The Hall–Kier alpha value is -2.53. The Morgan fingerprint density at radius 1 is 1.15 bits per heavy atom. The molecule has 0 aromatic heterocycles. The number of aryl methyl sites for hydroxylation is 1. The maximum Gasteiger partial charge on any atom is 0.321 e. The number of piperidine rings is 1. The molecular formula is C21H21ClN2O3. The molecule has 0 unspecified atom stereocenters. The number of fused-ring (bicyclic) bond motifs is 1. The van der Waals surface area contributed by atoms with E-state index in [0.717, 1.165) is 5.56 Å². The van der Waals surface area contributed by atoms with E-state index in [-0.39, 0.29) is 11.8 Å². The number of likely N-dealkylation sites (tertiary alicyclic amines) is 1. The van der Waals surface area contributed by atoms with Crippen molar-refractivity contribution in [3.63, 3.8) is 0 Å². The highest BCUT2D eigenvalue weighted by Gasteiger charge is 2.43. The molecule has 140 valence electrons. The first-order valence-corrected chi connectivity index (χ1v) is 9.46. The fourth-order valence-electron chi connectivity index (χ4n) is 3.73. The Labute approximate surface area is 163 Å². The second-order valence-electron chi connectivity index (χ2n) is 7.31. The van der Waals surface area contributed by atoms with Gasteiger partial charge in [-0.2, -0.15) is 0 Å². The summed E-state index contributed by atoms with van der Waals surface area (Å²) in [5, 5.41) is 3.51. The Morgan fingerprint density at radius 3 is 2.56 bits per heavy atom. The van der Waals surface area contributed by atoms with Crippen molar-refractivity contribution in [2.75, 3.05) is 18.4 Å². The molecule has 27 heavy (non-hydrogen) atoms. The third-order valence-electron chi connectivity index (χ3n) is 5.30. The summed E-state index contributed by atoms with van der Waals surface area (Å²) >= 11 is 5.87. The van der Waals surface area contributed by atoms with E-state index in [4.69, 9.17) is 16.3 Å². The molecule has 2 aliphatic rings. The molecule has 2 amide bonds. The van der Waals surface area contributed by atoms with Gasteiger partial charge in [0.15, 0.2) is 5.78 Å². The quantitative estimate of drug-likeness (QED) is 0.776. The smallest absolute Gasteiger partial charge is 0.321 e. The summed E-state index contributed by atoms with van der Waals surface area (Å²) < 4.78 is 6.28. The van der Waals surface area contributed by atoms with Crippen molar-refractivity contribution in [1.29, 1.82) is 0 Å². The first kappa shape index (κ1) is 17.9. The van der Waals surface area contributed by atoms with E-state index in [1.807, 2.05) is 25.1 Å². The fourth-order valence-corrected chi connectivity index (χ4v) is 3.86. The predicted molar refractivity (Wildman–Crippen MR) is 105 cm³/mol. The van der Waals surface area contributed by atoms with E-state index in [1.165, 1.54) is 0 Å². The lowest BCUT2D eigenvalue weighted by Crippen LogP contribution is -2.53. The molecule has 0 aliphatic carbocycles. The van der Waals surface area contributed by atoms with Gasteiger partial charge in [-0.15, -0.1) is 0 Å². The normalized spacial score (nSPS) is 18.0. The van der Waals surface area contributed by atoms with E-state index in [1.54, 1.807) is 29.2 Å². The summed E-state index contributed by atoms with van der Waals surface area (Å²) in [7, 11) is 0. The predicted octanol–water partition coefficient (Wildman–Crippen LogP) is 4.68. The van der Waals surface area contributed by atoms with Crippen molar-refractivity contribution < 1.29 is 14.3 Å². The van der Waals surface area contributed by atoms with Gasteiger partial charge in [0.25, 0.3) is 0 Å². The van der Waals surface area contributed by atoms with Crippen LogP contribution < -0.4 is 10.1 Å². The van der Waals surface area contributed by atoms with Crippen LogP contribution in [-0.2, 0) is 0 Å². The number of carbonyl (C=O) groups is 2. The van der Waals surface area contributed by atoms with Crippen molar-refractivity contribution in [3.8, 4) is 5.75 Å². The molecule has 1 saturated heterocycles. The molecule has 1 N–H and O–H groups in total. The summed E-state index contributed by atoms with van der Waals surface area (Å²) in [6.45, 7) is 3.08. The van der Waals surface area contributed by atoms with Gasteiger partial charge in [0.2, 0.25) is 0 Å². The molecule has 2 heterocycles. The molecule has 0 radical (unpaired) electrons. The minimum atomic E-state index is -0.505. The van der Waals surface area contributed by atoms with Crippen molar-refractivity contribution in [1.82, 2.24) is 4.90 Å². The Kier molecular flexibility index (Phi) is 4.56. The maximum absolute atomic E-state index is 12.6. The lowest BCUT2D eigenvalue weighted by atomic mass is 9.82. The lowest BCUT2D eigenvalue weighted by molar-refractivity contribution is 0.000358. The molecular weight excluding hydrogens is 364 g/mol. The summed E-state index contributed by atoms with van der Waals surface area (Å²) in [4.78, 5) is 26.8. The van der Waals surface area contributed by atoms with Gasteiger partial charge in [-0.05, 0) is 48.9 Å². The number of anilines is 1. The van der Waals surface area contributed by atoms with Crippen LogP contribution in [0.4, 0.5) is 10.5 Å². The Bertz CT molecular complexity index is 887. The molecule has 1 fully saturated rings. The van der Waals surface area contributed by atoms with E-state index in [2.05, 4.69) is 5.32 Å². The first-order valence-electron chi connectivity index (χ1n) is 9.09. The Morgan fingerprint density at radius 2 is 1.85 bits per heavy atom. The summed E-state index contributed by atoms with van der Waals surface area (Å²) in [6, 6.07) is 12.6. The monoisotopic (exact) mass is 384 g/mol. The minimum Gasteiger partial charge on any atom is -0.486 e. The van der Waals surface area contributed by atoms with Crippen LogP contribution in [0.15, 0.2) is 42.5 Å². The number of nitrogens with zero attached hydrogens (tertiary/aromatic N) is 1. The number of hydrogen-bond acceptors (Lipinski definition) is 3. The lowest BCUT2D eigenvalue weighted by Gasteiger charge is -2.43. The maximum atomic E-state index is 12.6. The van der Waals surface area contributed by atoms with Crippen molar-refractivity contribution in [2.24, 2.45) is 0 Å². The zero-order valence-electron chi connectivity index (χ0n) is 15.1. The zero-order valence-corrected chi connectivity index (χ0v) is 15.9. The van der Waals surface area contributed by atoms with Crippen LogP contribution >= 0.6 is 11.6 Å².